The fraction of sp³-hybridized carbons (Fsp3) is 0.609. The Balaban J connectivity index is 1.92. The van der Waals surface area contributed by atoms with E-state index in [1.54, 1.807) is 6.07 Å². The minimum Gasteiger partial charge on any atom is -0.508 e. The summed E-state index contributed by atoms with van der Waals surface area (Å²) in [7, 11) is 0. The summed E-state index contributed by atoms with van der Waals surface area (Å²) in [6.07, 6.45) is 6.04. The van der Waals surface area contributed by atoms with E-state index in [-0.39, 0.29) is 23.2 Å². The van der Waals surface area contributed by atoms with Gasteiger partial charge in [0.25, 0.3) is 0 Å². The smallest absolute Gasteiger partial charge is 0.313 e. The standard InChI is InChI=1S/C23H32O4/c1-6-7-10-26-22(25)15(3)16-12-19(24)21-17-11-14(2)8-9-18(17)23(4,5)27-20(21)13-16/h8,12-13,15,17-18,24H,6-7,9-11H2,1-5H3/t15-,17+,18+/m0/s1. The average Bonchev–Trinajstić information content (AvgIpc) is 2.59. The number of ether oxygens (including phenoxy) is 2. The molecule has 0 spiro atoms. The molecule has 4 nitrogen and oxygen atoms in total. The van der Waals surface area contributed by atoms with Gasteiger partial charge >= 0.3 is 5.97 Å². The summed E-state index contributed by atoms with van der Waals surface area (Å²) in [4.78, 5) is 12.3. The number of benzene rings is 1. The first-order chi connectivity index (χ1) is 12.7. The quantitative estimate of drug-likeness (QED) is 0.424. The van der Waals surface area contributed by atoms with Crippen molar-refractivity contribution in [3.8, 4) is 11.5 Å². The van der Waals surface area contributed by atoms with Gasteiger partial charge in [-0.2, -0.15) is 0 Å². The number of phenols is 1. The number of carbonyl (C=O) groups is 1. The van der Waals surface area contributed by atoms with Crippen LogP contribution in [-0.4, -0.2) is 23.3 Å². The topological polar surface area (TPSA) is 55.8 Å². The SMILES string of the molecule is CCCCOC(=O)[C@@H](C)c1cc(O)c2c(c1)OC(C)(C)[C@@H]1CC=C(C)C[C@@H]21. The Labute approximate surface area is 162 Å². The third-order valence-corrected chi connectivity index (χ3v) is 6.12. The summed E-state index contributed by atoms with van der Waals surface area (Å²) >= 11 is 0. The predicted octanol–water partition coefficient (Wildman–Crippen LogP) is 5.45. The monoisotopic (exact) mass is 372 g/mol. The zero-order valence-corrected chi connectivity index (χ0v) is 17.2. The lowest BCUT2D eigenvalue weighted by Crippen LogP contribution is -2.45. The summed E-state index contributed by atoms with van der Waals surface area (Å²) < 4.78 is 11.7. The van der Waals surface area contributed by atoms with E-state index in [2.05, 4.69) is 33.8 Å². The van der Waals surface area contributed by atoms with Gasteiger partial charge in [0.1, 0.15) is 17.1 Å². The van der Waals surface area contributed by atoms with Crippen molar-refractivity contribution in [2.75, 3.05) is 6.61 Å². The number of rotatable bonds is 5. The molecule has 4 heteroatoms. The van der Waals surface area contributed by atoms with Crippen LogP contribution >= 0.6 is 0 Å². The first kappa shape index (κ1) is 19.8. The molecule has 3 atom stereocenters. The van der Waals surface area contributed by atoms with Gasteiger partial charge in [-0.05, 0) is 64.7 Å². The van der Waals surface area contributed by atoms with Crippen molar-refractivity contribution in [2.45, 2.75) is 77.7 Å². The van der Waals surface area contributed by atoms with Gasteiger partial charge in [-0.25, -0.2) is 0 Å². The summed E-state index contributed by atoms with van der Waals surface area (Å²) in [6, 6.07) is 3.64. The molecule has 0 bridgehead atoms. The zero-order valence-electron chi connectivity index (χ0n) is 17.2. The van der Waals surface area contributed by atoms with E-state index < -0.39 is 5.92 Å². The number of fused-ring (bicyclic) bond motifs is 3. The van der Waals surface area contributed by atoms with Crippen LogP contribution in [0.1, 0.15) is 83.3 Å². The molecule has 27 heavy (non-hydrogen) atoms. The summed E-state index contributed by atoms with van der Waals surface area (Å²) in [6.45, 7) is 10.7. The number of hydrogen-bond acceptors (Lipinski definition) is 4. The highest BCUT2D eigenvalue weighted by atomic mass is 16.5. The maximum atomic E-state index is 12.3. The van der Waals surface area contributed by atoms with Crippen molar-refractivity contribution in [3.05, 3.63) is 34.9 Å². The number of allylic oxidation sites excluding steroid dienone is 2. The van der Waals surface area contributed by atoms with E-state index in [4.69, 9.17) is 9.47 Å². The molecule has 0 amide bonds. The highest BCUT2D eigenvalue weighted by molar-refractivity contribution is 5.78. The lowest BCUT2D eigenvalue weighted by molar-refractivity contribution is -0.145. The number of unbranched alkanes of at least 4 members (excludes halogenated alkanes) is 1. The van der Waals surface area contributed by atoms with Gasteiger partial charge in [0.2, 0.25) is 0 Å². The molecule has 1 aromatic carbocycles. The van der Waals surface area contributed by atoms with Crippen LogP contribution in [-0.2, 0) is 9.53 Å². The molecular weight excluding hydrogens is 340 g/mol. The van der Waals surface area contributed by atoms with Crippen LogP contribution in [0.15, 0.2) is 23.8 Å². The Morgan fingerprint density at radius 3 is 2.85 bits per heavy atom. The molecular formula is C23H32O4. The Morgan fingerprint density at radius 1 is 1.41 bits per heavy atom. The average molecular weight is 373 g/mol. The molecule has 0 unspecified atom stereocenters. The molecule has 1 aromatic rings. The molecule has 2 aliphatic rings. The van der Waals surface area contributed by atoms with Gasteiger partial charge in [-0.15, -0.1) is 0 Å². The Bertz CT molecular complexity index is 747. The van der Waals surface area contributed by atoms with E-state index in [0.717, 1.165) is 36.8 Å². The van der Waals surface area contributed by atoms with Gasteiger partial charge in [0.05, 0.1) is 12.5 Å². The highest BCUT2D eigenvalue weighted by Gasteiger charge is 2.45. The molecule has 1 aliphatic heterocycles. The van der Waals surface area contributed by atoms with Crippen LogP contribution in [0.3, 0.4) is 0 Å². The second-order valence-electron chi connectivity index (χ2n) is 8.60. The van der Waals surface area contributed by atoms with Crippen molar-refractivity contribution < 1.29 is 19.4 Å². The van der Waals surface area contributed by atoms with Crippen LogP contribution in [0.4, 0.5) is 0 Å². The number of hydrogen-bond donors (Lipinski definition) is 1. The molecule has 0 aromatic heterocycles. The third-order valence-electron chi connectivity index (χ3n) is 6.12. The number of esters is 1. The van der Waals surface area contributed by atoms with Crippen molar-refractivity contribution in [1.29, 1.82) is 0 Å². The second kappa shape index (κ2) is 7.57. The maximum absolute atomic E-state index is 12.3. The van der Waals surface area contributed by atoms with Crippen LogP contribution in [0, 0.1) is 5.92 Å². The minimum absolute atomic E-state index is 0.232. The Morgan fingerprint density at radius 2 is 2.15 bits per heavy atom. The first-order valence-corrected chi connectivity index (χ1v) is 10.1. The van der Waals surface area contributed by atoms with E-state index in [1.165, 1.54) is 5.57 Å². The molecule has 0 saturated carbocycles. The van der Waals surface area contributed by atoms with Gasteiger partial charge in [-0.1, -0.05) is 25.0 Å². The summed E-state index contributed by atoms with van der Waals surface area (Å²) in [5.74, 6) is 0.828. The van der Waals surface area contributed by atoms with Crippen molar-refractivity contribution in [2.24, 2.45) is 5.92 Å². The molecule has 1 aliphatic carbocycles. The van der Waals surface area contributed by atoms with Crippen LogP contribution in [0.5, 0.6) is 11.5 Å². The van der Waals surface area contributed by atoms with Crippen LogP contribution in [0.2, 0.25) is 0 Å². The zero-order chi connectivity index (χ0) is 19.8. The van der Waals surface area contributed by atoms with E-state index in [9.17, 15) is 9.90 Å². The van der Waals surface area contributed by atoms with Crippen LogP contribution < -0.4 is 4.74 Å². The van der Waals surface area contributed by atoms with E-state index in [0.29, 0.717) is 18.3 Å². The van der Waals surface area contributed by atoms with Gasteiger partial charge in [0, 0.05) is 17.4 Å². The first-order valence-electron chi connectivity index (χ1n) is 10.1. The predicted molar refractivity (Wildman–Crippen MR) is 106 cm³/mol. The number of carbonyl (C=O) groups excluding carboxylic acids is 1. The molecule has 0 saturated heterocycles. The minimum atomic E-state index is -0.435. The number of phenolic OH excluding ortho intramolecular Hbond substituents is 1. The summed E-state index contributed by atoms with van der Waals surface area (Å²) in [5, 5.41) is 10.8. The maximum Gasteiger partial charge on any atom is 0.313 e. The molecule has 0 radical (unpaired) electrons. The molecule has 0 fully saturated rings. The largest absolute Gasteiger partial charge is 0.508 e. The van der Waals surface area contributed by atoms with Gasteiger partial charge < -0.3 is 14.6 Å². The third kappa shape index (κ3) is 3.85. The summed E-state index contributed by atoms with van der Waals surface area (Å²) in [5.41, 5.74) is 2.67. The van der Waals surface area contributed by atoms with E-state index >= 15 is 0 Å². The van der Waals surface area contributed by atoms with Gasteiger partial charge in [-0.3, -0.25) is 4.79 Å². The lowest BCUT2D eigenvalue weighted by atomic mass is 9.67. The Kier molecular flexibility index (Phi) is 5.55. The molecule has 1 heterocycles. The lowest BCUT2D eigenvalue weighted by Gasteiger charge is -2.47. The fourth-order valence-electron chi connectivity index (χ4n) is 4.41. The van der Waals surface area contributed by atoms with Crippen molar-refractivity contribution in [1.82, 2.24) is 0 Å². The van der Waals surface area contributed by atoms with Crippen molar-refractivity contribution >= 4 is 5.97 Å². The molecule has 148 valence electrons. The molecule has 1 N–H and O–H groups in total. The van der Waals surface area contributed by atoms with Gasteiger partial charge in [0.15, 0.2) is 0 Å². The second-order valence-corrected chi connectivity index (χ2v) is 8.60. The molecule has 3 rings (SSSR count). The fourth-order valence-corrected chi connectivity index (χ4v) is 4.41. The highest BCUT2D eigenvalue weighted by Crippen LogP contribution is 2.54. The van der Waals surface area contributed by atoms with E-state index in [1.807, 2.05) is 13.0 Å². The van der Waals surface area contributed by atoms with Crippen LogP contribution in [0.25, 0.3) is 0 Å². The normalized spacial score (nSPS) is 24.1. The Hall–Kier alpha value is -1.97. The van der Waals surface area contributed by atoms with Crippen molar-refractivity contribution in [3.63, 3.8) is 0 Å². The number of aromatic hydroxyl groups is 1.